The maximum Gasteiger partial charge on any atom is 0.249 e. The van der Waals surface area contributed by atoms with Crippen LogP contribution in [0.3, 0.4) is 0 Å². The van der Waals surface area contributed by atoms with Crippen LogP contribution in [0.25, 0.3) is 0 Å². The summed E-state index contributed by atoms with van der Waals surface area (Å²) >= 11 is 0. The number of carbonyl (C=O) groups is 1. The van der Waals surface area contributed by atoms with E-state index in [9.17, 15) is 4.79 Å². The number of carbonyl (C=O) groups excluding carboxylic acids is 1. The molecule has 7 heteroatoms. The van der Waals surface area contributed by atoms with Crippen molar-refractivity contribution in [1.82, 2.24) is 15.4 Å². The van der Waals surface area contributed by atoms with E-state index in [1.807, 2.05) is 13.0 Å². The summed E-state index contributed by atoms with van der Waals surface area (Å²) in [6, 6.07) is 1.98. The molecule has 1 amide bonds. The average Bonchev–Trinajstić information content (AvgIpc) is 3.17. The van der Waals surface area contributed by atoms with Crippen LogP contribution in [-0.4, -0.2) is 61.0 Å². The third-order valence-electron chi connectivity index (χ3n) is 4.98. The molecule has 0 saturated carbocycles. The molecule has 3 rings (SSSR count). The molecule has 0 aliphatic carbocycles. The van der Waals surface area contributed by atoms with Crippen LogP contribution in [0.1, 0.15) is 37.1 Å². The number of nitrogens with zero attached hydrogens (tertiary/aromatic N) is 2. The zero-order chi connectivity index (χ0) is 17.0. The number of piperidine rings is 1. The quantitative estimate of drug-likeness (QED) is 0.788. The van der Waals surface area contributed by atoms with E-state index in [1.165, 1.54) is 0 Å². The molecule has 1 spiro atoms. The summed E-state index contributed by atoms with van der Waals surface area (Å²) in [6.07, 6.45) is 3.39. The smallest absolute Gasteiger partial charge is 0.249 e. The van der Waals surface area contributed by atoms with E-state index in [0.717, 1.165) is 56.8 Å². The number of aromatic nitrogens is 1. The lowest BCUT2D eigenvalue weighted by Crippen LogP contribution is -2.45. The third-order valence-corrected chi connectivity index (χ3v) is 4.98. The summed E-state index contributed by atoms with van der Waals surface area (Å²) in [5.74, 6) is 0.837. The molecule has 0 unspecified atom stereocenters. The largest absolute Gasteiger partial charge is 0.383 e. The molecule has 1 aromatic heterocycles. The number of methoxy groups -OCH3 is 1. The summed E-state index contributed by atoms with van der Waals surface area (Å²) in [5, 5.41) is 6.93. The van der Waals surface area contributed by atoms with E-state index in [1.54, 1.807) is 7.11 Å². The van der Waals surface area contributed by atoms with Gasteiger partial charge in [0.15, 0.2) is 0 Å². The molecule has 24 heavy (non-hydrogen) atoms. The molecule has 2 aliphatic rings. The van der Waals surface area contributed by atoms with Gasteiger partial charge in [-0.15, -0.1) is 0 Å². The number of hydrogen-bond donors (Lipinski definition) is 1. The van der Waals surface area contributed by atoms with Crippen molar-refractivity contribution in [3.05, 3.63) is 17.5 Å². The van der Waals surface area contributed by atoms with Crippen LogP contribution in [0.4, 0.5) is 0 Å². The van der Waals surface area contributed by atoms with Gasteiger partial charge in [-0.1, -0.05) is 5.16 Å². The third kappa shape index (κ3) is 4.15. The molecule has 2 saturated heterocycles. The number of hydrogen-bond acceptors (Lipinski definition) is 6. The molecule has 1 N–H and O–H groups in total. The highest BCUT2D eigenvalue weighted by Crippen LogP contribution is 2.39. The van der Waals surface area contributed by atoms with Crippen LogP contribution in [-0.2, 0) is 20.8 Å². The number of nitrogens with one attached hydrogen (secondary N) is 1. The van der Waals surface area contributed by atoms with Crippen molar-refractivity contribution in [3.8, 4) is 0 Å². The Morgan fingerprint density at radius 1 is 1.46 bits per heavy atom. The minimum atomic E-state index is -0.313. The van der Waals surface area contributed by atoms with Crippen molar-refractivity contribution < 1.29 is 18.8 Å². The first-order chi connectivity index (χ1) is 11.6. The Kier molecular flexibility index (Phi) is 5.53. The second-order valence-corrected chi connectivity index (χ2v) is 6.82. The van der Waals surface area contributed by atoms with Crippen LogP contribution < -0.4 is 5.32 Å². The SMILES string of the molecule is COCCNC(=O)[C@@H]1CCC2(CCN(Cc3cc(C)on3)CC2)O1. The predicted octanol–water partition coefficient (Wildman–Crippen LogP) is 1.26. The number of amides is 1. The van der Waals surface area contributed by atoms with Crippen molar-refractivity contribution in [1.29, 1.82) is 0 Å². The molecule has 1 aromatic rings. The Morgan fingerprint density at radius 2 is 2.25 bits per heavy atom. The second kappa shape index (κ2) is 7.63. The molecular formula is C17H27N3O4. The Hall–Kier alpha value is -1.44. The van der Waals surface area contributed by atoms with Gasteiger partial charge in [0.2, 0.25) is 5.91 Å². The average molecular weight is 337 g/mol. The van der Waals surface area contributed by atoms with E-state index < -0.39 is 0 Å². The highest BCUT2D eigenvalue weighted by Gasteiger charge is 2.44. The number of likely N-dealkylation sites (tertiary alicyclic amines) is 1. The first kappa shape index (κ1) is 17.4. The maximum atomic E-state index is 12.1. The van der Waals surface area contributed by atoms with Crippen molar-refractivity contribution >= 4 is 5.91 Å². The monoisotopic (exact) mass is 337 g/mol. The van der Waals surface area contributed by atoms with E-state index in [0.29, 0.717) is 13.2 Å². The van der Waals surface area contributed by atoms with Gasteiger partial charge in [-0.25, -0.2) is 0 Å². The van der Waals surface area contributed by atoms with E-state index in [4.69, 9.17) is 14.0 Å². The van der Waals surface area contributed by atoms with Gasteiger partial charge in [0.1, 0.15) is 11.9 Å². The fourth-order valence-corrected chi connectivity index (χ4v) is 3.60. The zero-order valence-electron chi connectivity index (χ0n) is 14.5. The van der Waals surface area contributed by atoms with E-state index in [-0.39, 0.29) is 17.6 Å². The molecule has 7 nitrogen and oxygen atoms in total. The van der Waals surface area contributed by atoms with Crippen molar-refractivity contribution in [2.24, 2.45) is 0 Å². The Labute approximate surface area is 142 Å². The van der Waals surface area contributed by atoms with Gasteiger partial charge >= 0.3 is 0 Å². The molecule has 1 atom stereocenters. The van der Waals surface area contributed by atoms with Crippen LogP contribution in [0.2, 0.25) is 0 Å². The lowest BCUT2D eigenvalue weighted by molar-refractivity contribution is -0.141. The highest BCUT2D eigenvalue weighted by atomic mass is 16.5. The predicted molar refractivity (Wildman–Crippen MR) is 87.5 cm³/mol. The first-order valence-electron chi connectivity index (χ1n) is 8.69. The molecule has 0 radical (unpaired) electrons. The van der Waals surface area contributed by atoms with Crippen LogP contribution >= 0.6 is 0 Å². The fourth-order valence-electron chi connectivity index (χ4n) is 3.60. The molecule has 134 valence electrons. The summed E-state index contributed by atoms with van der Waals surface area (Å²) in [5.41, 5.74) is 0.852. The van der Waals surface area contributed by atoms with Gasteiger partial charge in [0, 0.05) is 39.4 Å². The molecule has 0 aromatic carbocycles. The first-order valence-corrected chi connectivity index (χ1v) is 8.69. The van der Waals surface area contributed by atoms with Gasteiger partial charge in [-0.05, 0) is 32.6 Å². The zero-order valence-corrected chi connectivity index (χ0v) is 14.5. The summed E-state index contributed by atoms with van der Waals surface area (Å²) in [4.78, 5) is 14.5. The van der Waals surface area contributed by atoms with Crippen molar-refractivity contribution in [2.75, 3.05) is 33.4 Å². The lowest BCUT2D eigenvalue weighted by Gasteiger charge is -2.38. The summed E-state index contributed by atoms with van der Waals surface area (Å²) in [6.45, 7) is 5.71. The van der Waals surface area contributed by atoms with Gasteiger partial charge < -0.3 is 19.3 Å². The minimum Gasteiger partial charge on any atom is -0.383 e. The molecule has 2 aliphatic heterocycles. The Bertz CT molecular complexity index is 552. The molecule has 0 bridgehead atoms. The summed E-state index contributed by atoms with van der Waals surface area (Å²) < 4.78 is 16.3. The minimum absolute atomic E-state index is 0.00979. The number of rotatable bonds is 6. The maximum absolute atomic E-state index is 12.1. The fraction of sp³-hybridized carbons (Fsp3) is 0.765. The van der Waals surface area contributed by atoms with Crippen LogP contribution in [0.15, 0.2) is 10.6 Å². The molecular weight excluding hydrogens is 310 g/mol. The van der Waals surface area contributed by atoms with Crippen LogP contribution in [0.5, 0.6) is 0 Å². The van der Waals surface area contributed by atoms with Gasteiger partial charge in [-0.3, -0.25) is 9.69 Å². The topological polar surface area (TPSA) is 76.8 Å². The standard InChI is InChI=1S/C17H27N3O4/c1-13-11-14(19-24-13)12-20-8-5-17(6-9-20)4-3-15(23-17)16(21)18-7-10-22-2/h11,15H,3-10,12H2,1-2H3,(H,18,21)/t15-/m0/s1. The van der Waals surface area contributed by atoms with Gasteiger partial charge in [0.05, 0.1) is 17.9 Å². The van der Waals surface area contributed by atoms with Gasteiger partial charge in [0.25, 0.3) is 0 Å². The molecule has 3 heterocycles. The molecule has 2 fully saturated rings. The normalized spacial score (nSPS) is 23.7. The van der Waals surface area contributed by atoms with Crippen molar-refractivity contribution in [3.63, 3.8) is 0 Å². The highest BCUT2D eigenvalue weighted by molar-refractivity contribution is 5.81. The van der Waals surface area contributed by atoms with E-state index >= 15 is 0 Å². The lowest BCUT2D eigenvalue weighted by atomic mass is 9.88. The number of ether oxygens (including phenoxy) is 2. The second-order valence-electron chi connectivity index (χ2n) is 6.82. The summed E-state index contributed by atoms with van der Waals surface area (Å²) in [7, 11) is 1.63. The Balaban J connectivity index is 1.45. The Morgan fingerprint density at radius 3 is 2.92 bits per heavy atom. The van der Waals surface area contributed by atoms with E-state index in [2.05, 4.69) is 15.4 Å². The van der Waals surface area contributed by atoms with Crippen molar-refractivity contribution in [2.45, 2.75) is 50.9 Å². The van der Waals surface area contributed by atoms with Crippen LogP contribution in [0, 0.1) is 6.92 Å². The van der Waals surface area contributed by atoms with Gasteiger partial charge in [-0.2, -0.15) is 0 Å². The number of aryl methyl sites for hydroxylation is 1.